The lowest BCUT2D eigenvalue weighted by Crippen LogP contribution is -2.12. The van der Waals surface area contributed by atoms with Crippen molar-refractivity contribution in [2.75, 3.05) is 5.32 Å². The normalized spacial score (nSPS) is 14.0. The van der Waals surface area contributed by atoms with E-state index < -0.39 is 0 Å². The van der Waals surface area contributed by atoms with Crippen LogP contribution in [0, 0.1) is 0 Å². The minimum Gasteiger partial charge on any atom is -0.296 e. The molecule has 8 heteroatoms. The predicted molar refractivity (Wildman–Crippen MR) is 81.2 cm³/mol. The fourth-order valence-electron chi connectivity index (χ4n) is 2.02. The van der Waals surface area contributed by atoms with E-state index in [2.05, 4.69) is 25.5 Å². The van der Waals surface area contributed by atoms with E-state index in [1.165, 1.54) is 30.4 Å². The van der Waals surface area contributed by atoms with Crippen molar-refractivity contribution in [3.8, 4) is 5.82 Å². The van der Waals surface area contributed by atoms with Crippen LogP contribution in [0.2, 0.25) is 0 Å². The maximum atomic E-state index is 12.2. The lowest BCUT2D eigenvalue weighted by atomic mass is 10.2. The quantitative estimate of drug-likeness (QED) is 0.798. The number of nitrogens with one attached hydrogen (secondary N) is 1. The van der Waals surface area contributed by atoms with Gasteiger partial charge >= 0.3 is 0 Å². The van der Waals surface area contributed by atoms with Gasteiger partial charge in [0.25, 0.3) is 5.91 Å². The number of aromatic nitrogens is 5. The van der Waals surface area contributed by atoms with Crippen LogP contribution in [0.4, 0.5) is 5.13 Å². The third kappa shape index (κ3) is 2.60. The molecule has 3 aromatic heterocycles. The monoisotopic (exact) mass is 312 g/mol. The summed E-state index contributed by atoms with van der Waals surface area (Å²) in [5.74, 6) is 1.02. The topological polar surface area (TPSA) is 85.6 Å². The summed E-state index contributed by atoms with van der Waals surface area (Å²) in [5.41, 5.74) is 0.479. The van der Waals surface area contributed by atoms with Crippen LogP contribution in [0.15, 0.2) is 37.1 Å². The highest BCUT2D eigenvalue weighted by atomic mass is 32.1. The number of pyridine rings is 1. The summed E-state index contributed by atoms with van der Waals surface area (Å²) in [5, 5.41) is 12.4. The Labute approximate surface area is 130 Å². The second-order valence-corrected chi connectivity index (χ2v) is 6.06. The number of carbonyl (C=O) groups excluding carboxylic acids is 1. The van der Waals surface area contributed by atoms with Crippen molar-refractivity contribution in [2.24, 2.45) is 0 Å². The lowest BCUT2D eigenvalue weighted by Gasteiger charge is -2.03. The van der Waals surface area contributed by atoms with Gasteiger partial charge in [0.1, 0.15) is 17.2 Å². The second-order valence-electron chi connectivity index (χ2n) is 5.05. The van der Waals surface area contributed by atoms with E-state index >= 15 is 0 Å². The maximum Gasteiger partial charge on any atom is 0.259 e. The smallest absolute Gasteiger partial charge is 0.259 e. The number of amides is 1. The van der Waals surface area contributed by atoms with Crippen LogP contribution < -0.4 is 5.32 Å². The molecule has 0 unspecified atom stereocenters. The highest BCUT2D eigenvalue weighted by molar-refractivity contribution is 7.15. The zero-order valence-electron chi connectivity index (χ0n) is 11.5. The Balaban J connectivity index is 1.47. The second kappa shape index (κ2) is 5.30. The van der Waals surface area contributed by atoms with Gasteiger partial charge in [0.05, 0.1) is 5.56 Å². The Hall–Kier alpha value is -2.61. The van der Waals surface area contributed by atoms with Gasteiger partial charge in [-0.25, -0.2) is 9.97 Å². The molecule has 0 spiro atoms. The van der Waals surface area contributed by atoms with Crippen molar-refractivity contribution >= 4 is 22.4 Å². The van der Waals surface area contributed by atoms with Crippen LogP contribution in [0.5, 0.6) is 0 Å². The number of imidazole rings is 1. The van der Waals surface area contributed by atoms with Gasteiger partial charge in [-0.15, -0.1) is 10.2 Å². The van der Waals surface area contributed by atoms with Crippen LogP contribution >= 0.6 is 11.3 Å². The molecule has 22 heavy (non-hydrogen) atoms. The number of rotatable bonds is 4. The van der Waals surface area contributed by atoms with E-state index in [1.54, 1.807) is 35.4 Å². The largest absolute Gasteiger partial charge is 0.296 e. The first-order chi connectivity index (χ1) is 10.8. The average molecular weight is 312 g/mol. The Morgan fingerprint density at radius 1 is 1.32 bits per heavy atom. The highest BCUT2D eigenvalue weighted by Crippen LogP contribution is 2.42. The van der Waals surface area contributed by atoms with Crippen molar-refractivity contribution in [2.45, 2.75) is 18.8 Å². The van der Waals surface area contributed by atoms with Crippen LogP contribution in [0.25, 0.3) is 5.82 Å². The van der Waals surface area contributed by atoms with Gasteiger partial charge < -0.3 is 0 Å². The van der Waals surface area contributed by atoms with Crippen molar-refractivity contribution in [1.82, 2.24) is 24.7 Å². The van der Waals surface area contributed by atoms with Crippen molar-refractivity contribution in [3.63, 3.8) is 0 Å². The third-order valence-electron chi connectivity index (χ3n) is 3.37. The number of hydrogen-bond acceptors (Lipinski definition) is 6. The molecule has 110 valence electrons. The molecule has 7 nitrogen and oxygen atoms in total. The average Bonchev–Trinajstić information content (AvgIpc) is 3.06. The molecule has 1 saturated carbocycles. The molecule has 1 fully saturated rings. The molecule has 4 rings (SSSR count). The van der Waals surface area contributed by atoms with E-state index in [4.69, 9.17) is 0 Å². The highest BCUT2D eigenvalue weighted by Gasteiger charge is 2.27. The molecule has 1 aliphatic carbocycles. The van der Waals surface area contributed by atoms with Crippen LogP contribution in [0.1, 0.15) is 34.1 Å². The molecule has 0 atom stereocenters. The van der Waals surface area contributed by atoms with Crippen LogP contribution in [0.3, 0.4) is 0 Å². The molecule has 1 N–H and O–H groups in total. The molecule has 0 bridgehead atoms. The van der Waals surface area contributed by atoms with Crippen LogP contribution in [-0.2, 0) is 0 Å². The van der Waals surface area contributed by atoms with E-state index in [0.29, 0.717) is 22.4 Å². The molecule has 1 amide bonds. The fraction of sp³-hybridized carbons (Fsp3) is 0.214. The number of hydrogen-bond donors (Lipinski definition) is 1. The molecule has 0 aliphatic heterocycles. The van der Waals surface area contributed by atoms with Gasteiger partial charge in [-0.2, -0.15) is 0 Å². The predicted octanol–water partition coefficient (Wildman–Crippen LogP) is 2.25. The van der Waals surface area contributed by atoms with Gasteiger partial charge in [0, 0.05) is 24.5 Å². The summed E-state index contributed by atoms with van der Waals surface area (Å²) in [6.07, 6.45) is 9.00. The van der Waals surface area contributed by atoms with E-state index in [0.717, 1.165) is 5.01 Å². The number of nitrogens with zero attached hydrogens (tertiary/aromatic N) is 5. The summed E-state index contributed by atoms with van der Waals surface area (Å²) in [4.78, 5) is 20.4. The Kier molecular flexibility index (Phi) is 3.15. The van der Waals surface area contributed by atoms with E-state index in [9.17, 15) is 4.79 Å². The number of anilines is 1. The van der Waals surface area contributed by atoms with Crippen molar-refractivity contribution in [3.05, 3.63) is 47.6 Å². The lowest BCUT2D eigenvalue weighted by molar-refractivity contribution is 0.102. The van der Waals surface area contributed by atoms with E-state index in [1.807, 2.05) is 0 Å². The van der Waals surface area contributed by atoms with E-state index in [-0.39, 0.29) is 5.91 Å². The van der Waals surface area contributed by atoms with Gasteiger partial charge in [0.2, 0.25) is 5.13 Å². The first-order valence-corrected chi connectivity index (χ1v) is 7.70. The fourth-order valence-corrected chi connectivity index (χ4v) is 2.92. The Morgan fingerprint density at radius 3 is 2.91 bits per heavy atom. The van der Waals surface area contributed by atoms with Gasteiger partial charge in [-0.3, -0.25) is 14.7 Å². The molecular formula is C14H12N6OS. The summed E-state index contributed by atoms with van der Waals surface area (Å²) < 4.78 is 1.77. The van der Waals surface area contributed by atoms with Gasteiger partial charge in [-0.1, -0.05) is 11.3 Å². The summed E-state index contributed by atoms with van der Waals surface area (Å²) in [6.45, 7) is 0. The molecular weight excluding hydrogens is 300 g/mol. The Bertz CT molecular complexity index is 791. The molecule has 1 aliphatic rings. The Morgan fingerprint density at radius 2 is 2.23 bits per heavy atom. The number of carbonyl (C=O) groups is 1. The molecule has 0 saturated heterocycles. The summed E-state index contributed by atoms with van der Waals surface area (Å²) in [6, 6.07) is 3.49. The van der Waals surface area contributed by atoms with Crippen LogP contribution in [-0.4, -0.2) is 30.6 Å². The zero-order valence-corrected chi connectivity index (χ0v) is 12.3. The standard InChI is InChI=1S/C14H12N6OS/c21-12(17-14-19-18-13(22-14)9-1-2-9)10-3-4-11(16-7-10)20-6-5-15-8-20/h3-9H,1-2H2,(H,17,19,21). The van der Waals surface area contributed by atoms with Gasteiger partial charge in [-0.05, 0) is 25.0 Å². The first kappa shape index (κ1) is 13.1. The zero-order chi connectivity index (χ0) is 14.9. The molecule has 0 aromatic carbocycles. The van der Waals surface area contributed by atoms with Gasteiger partial charge in [0.15, 0.2) is 0 Å². The third-order valence-corrected chi connectivity index (χ3v) is 4.37. The SMILES string of the molecule is O=C(Nc1nnc(C2CC2)s1)c1ccc(-n2ccnc2)nc1. The molecule has 3 heterocycles. The van der Waals surface area contributed by atoms with Crippen molar-refractivity contribution < 1.29 is 4.79 Å². The minimum atomic E-state index is -0.233. The molecule has 0 radical (unpaired) electrons. The first-order valence-electron chi connectivity index (χ1n) is 6.89. The minimum absolute atomic E-state index is 0.233. The molecule has 3 aromatic rings. The summed E-state index contributed by atoms with van der Waals surface area (Å²) >= 11 is 1.44. The van der Waals surface area contributed by atoms with Crippen molar-refractivity contribution in [1.29, 1.82) is 0 Å². The maximum absolute atomic E-state index is 12.2. The summed E-state index contributed by atoms with van der Waals surface area (Å²) in [7, 11) is 0.